The Morgan fingerprint density at radius 3 is 2.60 bits per heavy atom. The van der Waals surface area contributed by atoms with Crippen molar-refractivity contribution in [2.75, 3.05) is 5.32 Å². The quantitative estimate of drug-likeness (QED) is 0.932. The van der Waals surface area contributed by atoms with Crippen LogP contribution in [0.25, 0.3) is 0 Å². The minimum atomic E-state index is -0.210. The molecule has 1 atom stereocenters. The first-order valence-corrected chi connectivity index (χ1v) is 6.80. The lowest BCUT2D eigenvalue weighted by Crippen LogP contribution is -2.18. The summed E-state index contributed by atoms with van der Waals surface area (Å²) in [5, 5.41) is 11.5. The van der Waals surface area contributed by atoms with Crippen molar-refractivity contribution in [2.24, 2.45) is 7.05 Å². The highest BCUT2D eigenvalue weighted by Crippen LogP contribution is 2.19. The SMILES string of the molecule is CCC(C)n1nc(C)cc1NC(=O)c1cc(C)n(C)n1. The first-order valence-electron chi connectivity index (χ1n) is 6.80. The highest BCUT2D eigenvalue weighted by Gasteiger charge is 2.16. The van der Waals surface area contributed by atoms with E-state index in [1.54, 1.807) is 10.7 Å². The number of amides is 1. The molecule has 2 aromatic rings. The van der Waals surface area contributed by atoms with Gasteiger partial charge < -0.3 is 5.32 Å². The molecule has 0 bridgehead atoms. The van der Waals surface area contributed by atoms with Crippen LogP contribution in [0.2, 0.25) is 0 Å². The molecule has 20 heavy (non-hydrogen) atoms. The van der Waals surface area contributed by atoms with Crippen molar-refractivity contribution in [1.29, 1.82) is 0 Å². The number of rotatable bonds is 4. The molecule has 1 N–H and O–H groups in total. The van der Waals surface area contributed by atoms with E-state index in [2.05, 4.69) is 29.4 Å². The highest BCUT2D eigenvalue weighted by atomic mass is 16.2. The van der Waals surface area contributed by atoms with Crippen molar-refractivity contribution in [2.45, 2.75) is 40.2 Å². The number of nitrogens with one attached hydrogen (secondary N) is 1. The van der Waals surface area contributed by atoms with Crippen LogP contribution in [0, 0.1) is 13.8 Å². The number of aryl methyl sites for hydroxylation is 3. The Balaban J connectivity index is 2.23. The van der Waals surface area contributed by atoms with E-state index in [9.17, 15) is 4.79 Å². The van der Waals surface area contributed by atoms with E-state index >= 15 is 0 Å². The predicted molar refractivity (Wildman–Crippen MR) is 77.9 cm³/mol. The number of hydrogen-bond donors (Lipinski definition) is 1. The number of anilines is 1. The zero-order chi connectivity index (χ0) is 14.9. The largest absolute Gasteiger partial charge is 0.305 e. The Hall–Kier alpha value is -2.11. The topological polar surface area (TPSA) is 64.7 Å². The number of hydrogen-bond acceptors (Lipinski definition) is 3. The van der Waals surface area contributed by atoms with E-state index in [1.807, 2.05) is 31.6 Å². The van der Waals surface area contributed by atoms with E-state index in [0.29, 0.717) is 11.5 Å². The van der Waals surface area contributed by atoms with Gasteiger partial charge in [0.05, 0.1) is 11.7 Å². The van der Waals surface area contributed by atoms with Gasteiger partial charge in [-0.15, -0.1) is 0 Å². The van der Waals surface area contributed by atoms with Crippen molar-refractivity contribution in [3.8, 4) is 0 Å². The Labute approximate surface area is 118 Å². The van der Waals surface area contributed by atoms with Gasteiger partial charge in [-0.2, -0.15) is 10.2 Å². The van der Waals surface area contributed by atoms with Crippen molar-refractivity contribution in [3.63, 3.8) is 0 Å². The second kappa shape index (κ2) is 5.48. The first-order chi connectivity index (χ1) is 9.42. The third kappa shape index (κ3) is 2.74. The van der Waals surface area contributed by atoms with Crippen LogP contribution >= 0.6 is 0 Å². The molecule has 0 fully saturated rings. The number of nitrogens with zero attached hydrogens (tertiary/aromatic N) is 4. The second-order valence-electron chi connectivity index (χ2n) is 5.12. The molecule has 0 aliphatic heterocycles. The molecule has 0 radical (unpaired) electrons. The highest BCUT2D eigenvalue weighted by molar-refractivity contribution is 6.02. The lowest BCUT2D eigenvalue weighted by atomic mass is 10.3. The van der Waals surface area contributed by atoms with Gasteiger partial charge in [-0.3, -0.25) is 9.48 Å². The lowest BCUT2D eigenvalue weighted by molar-refractivity contribution is 0.102. The molecule has 108 valence electrons. The molecule has 2 heterocycles. The predicted octanol–water partition coefficient (Wildman–Crippen LogP) is 2.46. The van der Waals surface area contributed by atoms with E-state index in [0.717, 1.165) is 17.8 Å². The molecule has 6 heteroatoms. The van der Waals surface area contributed by atoms with Gasteiger partial charge >= 0.3 is 0 Å². The van der Waals surface area contributed by atoms with E-state index in [1.165, 1.54) is 0 Å². The molecule has 0 aromatic carbocycles. The van der Waals surface area contributed by atoms with Gasteiger partial charge in [0.15, 0.2) is 5.69 Å². The maximum absolute atomic E-state index is 12.2. The van der Waals surface area contributed by atoms with Crippen molar-refractivity contribution >= 4 is 11.7 Å². The third-order valence-corrected chi connectivity index (χ3v) is 3.45. The second-order valence-corrected chi connectivity index (χ2v) is 5.12. The fourth-order valence-corrected chi connectivity index (χ4v) is 1.97. The fraction of sp³-hybridized carbons (Fsp3) is 0.500. The molecule has 0 aliphatic rings. The minimum Gasteiger partial charge on any atom is -0.305 e. The van der Waals surface area contributed by atoms with Gasteiger partial charge in [-0.05, 0) is 33.3 Å². The van der Waals surface area contributed by atoms with Crippen LogP contribution in [-0.4, -0.2) is 25.5 Å². The summed E-state index contributed by atoms with van der Waals surface area (Å²) in [5.41, 5.74) is 2.25. The molecule has 6 nitrogen and oxygen atoms in total. The number of aromatic nitrogens is 4. The Morgan fingerprint density at radius 2 is 2.05 bits per heavy atom. The molecule has 0 saturated carbocycles. The first kappa shape index (κ1) is 14.3. The molecule has 2 aromatic heterocycles. The van der Waals surface area contributed by atoms with Crippen LogP contribution in [0.5, 0.6) is 0 Å². The van der Waals surface area contributed by atoms with Crippen molar-refractivity contribution in [1.82, 2.24) is 19.6 Å². The van der Waals surface area contributed by atoms with Crippen molar-refractivity contribution < 1.29 is 4.79 Å². The maximum atomic E-state index is 12.2. The Bertz CT molecular complexity index is 606. The van der Waals surface area contributed by atoms with Crippen LogP contribution in [0.4, 0.5) is 5.82 Å². The van der Waals surface area contributed by atoms with Crippen LogP contribution in [0.3, 0.4) is 0 Å². The average molecular weight is 275 g/mol. The summed E-state index contributed by atoms with van der Waals surface area (Å²) < 4.78 is 3.54. The lowest BCUT2D eigenvalue weighted by Gasteiger charge is -2.13. The molecule has 1 amide bonds. The summed E-state index contributed by atoms with van der Waals surface area (Å²) in [6.45, 7) is 8.00. The number of carbonyl (C=O) groups excluding carboxylic acids is 1. The van der Waals surface area contributed by atoms with Crippen LogP contribution in [-0.2, 0) is 7.05 Å². The molecular formula is C14H21N5O. The standard InChI is InChI=1S/C14H21N5O/c1-6-10(3)19-13(7-9(2)16-19)15-14(20)12-8-11(4)18(5)17-12/h7-8,10H,6H2,1-5H3,(H,15,20). The third-order valence-electron chi connectivity index (χ3n) is 3.45. The zero-order valence-electron chi connectivity index (χ0n) is 12.6. The van der Waals surface area contributed by atoms with Gasteiger partial charge in [-0.1, -0.05) is 6.92 Å². The maximum Gasteiger partial charge on any atom is 0.277 e. The summed E-state index contributed by atoms with van der Waals surface area (Å²) in [5.74, 6) is 0.503. The molecule has 0 aliphatic carbocycles. The summed E-state index contributed by atoms with van der Waals surface area (Å²) >= 11 is 0. The van der Waals surface area contributed by atoms with Gasteiger partial charge in [0.25, 0.3) is 5.91 Å². The van der Waals surface area contributed by atoms with E-state index < -0.39 is 0 Å². The summed E-state index contributed by atoms with van der Waals surface area (Å²) in [6, 6.07) is 3.89. The Morgan fingerprint density at radius 1 is 1.35 bits per heavy atom. The summed E-state index contributed by atoms with van der Waals surface area (Å²) in [6.07, 6.45) is 0.951. The molecule has 0 spiro atoms. The number of carbonyl (C=O) groups is 1. The molecular weight excluding hydrogens is 254 g/mol. The fourth-order valence-electron chi connectivity index (χ4n) is 1.97. The van der Waals surface area contributed by atoms with Gasteiger partial charge in [0.1, 0.15) is 5.82 Å². The zero-order valence-corrected chi connectivity index (χ0v) is 12.6. The average Bonchev–Trinajstić information content (AvgIpc) is 2.92. The summed E-state index contributed by atoms with van der Waals surface area (Å²) in [4.78, 5) is 12.2. The van der Waals surface area contributed by atoms with Gasteiger partial charge in [0.2, 0.25) is 0 Å². The van der Waals surface area contributed by atoms with E-state index in [-0.39, 0.29) is 11.9 Å². The minimum absolute atomic E-state index is 0.210. The monoisotopic (exact) mass is 275 g/mol. The summed E-state index contributed by atoms with van der Waals surface area (Å²) in [7, 11) is 1.82. The van der Waals surface area contributed by atoms with Crippen LogP contribution < -0.4 is 5.32 Å². The molecule has 2 rings (SSSR count). The van der Waals surface area contributed by atoms with Crippen molar-refractivity contribution in [3.05, 3.63) is 29.2 Å². The van der Waals surface area contributed by atoms with Crippen LogP contribution in [0.1, 0.15) is 48.2 Å². The molecule has 0 saturated heterocycles. The van der Waals surface area contributed by atoms with Gasteiger partial charge in [0, 0.05) is 18.8 Å². The van der Waals surface area contributed by atoms with Crippen LogP contribution in [0.15, 0.2) is 12.1 Å². The normalized spacial score (nSPS) is 12.4. The smallest absolute Gasteiger partial charge is 0.277 e. The molecule has 1 unspecified atom stereocenters. The van der Waals surface area contributed by atoms with E-state index in [4.69, 9.17) is 0 Å². The van der Waals surface area contributed by atoms with Gasteiger partial charge in [-0.25, -0.2) is 4.68 Å². The Kier molecular flexibility index (Phi) is 3.92.